The van der Waals surface area contributed by atoms with E-state index < -0.39 is 17.8 Å². The number of aryl methyl sites for hydroxylation is 2. The molecule has 3 nitrogen and oxygen atoms in total. The average molecular weight is 287 g/mol. The molecule has 0 fully saturated rings. The van der Waals surface area contributed by atoms with Gasteiger partial charge in [-0.3, -0.25) is 4.79 Å². The lowest BCUT2D eigenvalue weighted by Gasteiger charge is -2.14. The zero-order valence-corrected chi connectivity index (χ0v) is 12.1. The minimum atomic E-state index is -1.000. The lowest BCUT2D eigenvalue weighted by molar-refractivity contribution is -0.137. The number of carboxylic acid groups (broad SMARTS) is 1. The van der Waals surface area contributed by atoms with Gasteiger partial charge in [-0.15, -0.1) is 0 Å². The maximum absolute atomic E-state index is 13.9. The van der Waals surface area contributed by atoms with Gasteiger partial charge in [0.25, 0.3) is 0 Å². The first kappa shape index (κ1) is 15.2. The van der Waals surface area contributed by atoms with Crippen molar-refractivity contribution in [3.05, 3.63) is 58.9 Å². The highest BCUT2D eigenvalue weighted by Gasteiger charge is 2.14. The van der Waals surface area contributed by atoms with Crippen LogP contribution in [-0.2, 0) is 4.79 Å². The molecule has 0 spiro atoms. The van der Waals surface area contributed by atoms with Crippen LogP contribution in [0.15, 0.2) is 36.4 Å². The molecule has 110 valence electrons. The van der Waals surface area contributed by atoms with Gasteiger partial charge in [0, 0.05) is 6.04 Å². The van der Waals surface area contributed by atoms with Crippen molar-refractivity contribution < 1.29 is 14.3 Å². The van der Waals surface area contributed by atoms with E-state index >= 15 is 0 Å². The molecule has 2 rings (SSSR count). The zero-order valence-electron chi connectivity index (χ0n) is 12.1. The van der Waals surface area contributed by atoms with Gasteiger partial charge in [0.05, 0.1) is 6.42 Å². The number of halogens is 1. The third-order valence-corrected chi connectivity index (χ3v) is 3.51. The van der Waals surface area contributed by atoms with Gasteiger partial charge >= 0.3 is 5.97 Å². The van der Waals surface area contributed by atoms with E-state index in [-0.39, 0.29) is 6.42 Å². The van der Waals surface area contributed by atoms with E-state index in [4.69, 9.17) is 10.8 Å². The number of hydrogen-bond acceptors (Lipinski definition) is 2. The van der Waals surface area contributed by atoms with Gasteiger partial charge < -0.3 is 10.8 Å². The SMILES string of the molecule is Cc1cccc(C)c1-c1cc(F)cc(C(N)CC(=O)O)c1. The zero-order chi connectivity index (χ0) is 15.6. The topological polar surface area (TPSA) is 63.3 Å². The van der Waals surface area contributed by atoms with Crippen LogP contribution in [0.5, 0.6) is 0 Å². The Bertz CT molecular complexity index is 662. The standard InChI is InChI=1S/C17H18FNO2/c1-10-4-3-5-11(2)17(10)13-6-12(7-14(18)8-13)15(19)9-16(20)21/h3-8,15H,9,19H2,1-2H3,(H,20,21). The molecule has 0 aliphatic heterocycles. The molecule has 0 aromatic heterocycles. The van der Waals surface area contributed by atoms with E-state index in [0.717, 1.165) is 22.3 Å². The van der Waals surface area contributed by atoms with E-state index in [2.05, 4.69) is 0 Å². The lowest BCUT2D eigenvalue weighted by Crippen LogP contribution is -2.15. The molecular formula is C17H18FNO2. The smallest absolute Gasteiger partial charge is 0.305 e. The minimum absolute atomic E-state index is 0.227. The van der Waals surface area contributed by atoms with Crippen LogP contribution >= 0.6 is 0 Å². The Kier molecular flexibility index (Phi) is 4.38. The fourth-order valence-electron chi connectivity index (χ4n) is 2.55. The molecule has 0 aliphatic rings. The van der Waals surface area contributed by atoms with Gasteiger partial charge in [-0.2, -0.15) is 0 Å². The highest BCUT2D eigenvalue weighted by atomic mass is 19.1. The van der Waals surface area contributed by atoms with Gasteiger partial charge in [-0.25, -0.2) is 4.39 Å². The summed E-state index contributed by atoms with van der Waals surface area (Å²) >= 11 is 0. The van der Waals surface area contributed by atoms with E-state index in [9.17, 15) is 9.18 Å². The quantitative estimate of drug-likeness (QED) is 0.903. The van der Waals surface area contributed by atoms with Crippen molar-refractivity contribution in [1.82, 2.24) is 0 Å². The number of hydrogen-bond donors (Lipinski definition) is 2. The van der Waals surface area contributed by atoms with Gasteiger partial charge in [0.15, 0.2) is 0 Å². The molecule has 0 amide bonds. The molecule has 1 atom stereocenters. The summed E-state index contributed by atoms with van der Waals surface area (Å²) in [6.07, 6.45) is -0.227. The number of aliphatic carboxylic acids is 1. The van der Waals surface area contributed by atoms with Crippen LogP contribution in [0.1, 0.15) is 29.2 Å². The molecule has 3 N–H and O–H groups in total. The van der Waals surface area contributed by atoms with Crippen LogP contribution < -0.4 is 5.73 Å². The molecule has 0 saturated heterocycles. The molecule has 2 aromatic rings. The third kappa shape index (κ3) is 3.47. The summed E-state index contributed by atoms with van der Waals surface area (Å²) in [6, 6.07) is 9.67. The first-order chi connectivity index (χ1) is 9.88. The molecule has 0 bridgehead atoms. The second-order valence-electron chi connectivity index (χ2n) is 5.24. The summed E-state index contributed by atoms with van der Waals surface area (Å²) in [5.74, 6) is -1.41. The van der Waals surface area contributed by atoms with Crippen LogP contribution in [0.4, 0.5) is 4.39 Å². The Labute approximate surface area is 123 Å². The second kappa shape index (κ2) is 6.06. The maximum atomic E-state index is 13.9. The van der Waals surface area contributed by atoms with Crippen LogP contribution in [0.3, 0.4) is 0 Å². The fraction of sp³-hybridized carbons (Fsp3) is 0.235. The van der Waals surface area contributed by atoms with Crippen LogP contribution in [0, 0.1) is 19.7 Å². The number of carboxylic acids is 1. The summed E-state index contributed by atoms with van der Waals surface area (Å²) < 4.78 is 13.9. The van der Waals surface area contributed by atoms with Crippen LogP contribution in [0.25, 0.3) is 11.1 Å². The fourth-order valence-corrected chi connectivity index (χ4v) is 2.55. The Morgan fingerprint density at radius 2 is 1.86 bits per heavy atom. The Balaban J connectivity index is 2.51. The van der Waals surface area contributed by atoms with Crippen molar-refractivity contribution >= 4 is 5.97 Å². The van der Waals surface area contributed by atoms with Gasteiger partial charge in [0.1, 0.15) is 5.82 Å². The number of benzene rings is 2. The molecule has 0 aliphatic carbocycles. The summed E-state index contributed by atoms with van der Waals surface area (Å²) in [4.78, 5) is 10.8. The van der Waals surface area contributed by atoms with Gasteiger partial charge in [-0.1, -0.05) is 18.2 Å². The minimum Gasteiger partial charge on any atom is -0.481 e. The lowest BCUT2D eigenvalue weighted by atomic mass is 9.93. The second-order valence-corrected chi connectivity index (χ2v) is 5.24. The normalized spacial score (nSPS) is 12.2. The highest BCUT2D eigenvalue weighted by Crippen LogP contribution is 2.30. The predicted molar refractivity (Wildman–Crippen MR) is 80.5 cm³/mol. The molecular weight excluding hydrogens is 269 g/mol. The Hall–Kier alpha value is -2.20. The van der Waals surface area contributed by atoms with E-state index in [1.54, 1.807) is 6.07 Å². The van der Waals surface area contributed by atoms with Gasteiger partial charge in [-0.05, 0) is 59.9 Å². The number of nitrogens with two attached hydrogens (primary N) is 1. The van der Waals surface area contributed by atoms with Crippen LogP contribution in [0.2, 0.25) is 0 Å². The molecule has 2 aromatic carbocycles. The monoisotopic (exact) mass is 287 g/mol. The van der Waals surface area contributed by atoms with Crippen LogP contribution in [-0.4, -0.2) is 11.1 Å². The summed E-state index contributed by atoms with van der Waals surface area (Å²) in [5.41, 5.74) is 10.1. The van der Waals surface area contributed by atoms with Crippen molar-refractivity contribution in [1.29, 1.82) is 0 Å². The third-order valence-electron chi connectivity index (χ3n) is 3.51. The summed E-state index contributed by atoms with van der Waals surface area (Å²) in [6.45, 7) is 3.92. The number of rotatable bonds is 4. The van der Waals surface area contributed by atoms with E-state index in [1.807, 2.05) is 32.0 Å². The predicted octanol–water partition coefficient (Wildman–Crippen LogP) is 3.58. The average Bonchev–Trinajstić information content (AvgIpc) is 2.37. The largest absolute Gasteiger partial charge is 0.481 e. The number of carbonyl (C=O) groups is 1. The first-order valence-corrected chi connectivity index (χ1v) is 6.73. The maximum Gasteiger partial charge on any atom is 0.305 e. The van der Waals surface area contributed by atoms with Gasteiger partial charge in [0.2, 0.25) is 0 Å². The van der Waals surface area contributed by atoms with Crippen molar-refractivity contribution in [2.45, 2.75) is 26.3 Å². The Morgan fingerprint density at radius 3 is 2.43 bits per heavy atom. The molecule has 21 heavy (non-hydrogen) atoms. The summed E-state index contributed by atoms with van der Waals surface area (Å²) in [7, 11) is 0. The Morgan fingerprint density at radius 1 is 1.24 bits per heavy atom. The molecule has 0 saturated carbocycles. The van der Waals surface area contributed by atoms with E-state index in [1.165, 1.54) is 12.1 Å². The van der Waals surface area contributed by atoms with Crippen molar-refractivity contribution in [3.63, 3.8) is 0 Å². The molecule has 0 radical (unpaired) electrons. The van der Waals surface area contributed by atoms with Crippen molar-refractivity contribution in [3.8, 4) is 11.1 Å². The van der Waals surface area contributed by atoms with Crippen molar-refractivity contribution in [2.75, 3.05) is 0 Å². The molecule has 4 heteroatoms. The van der Waals surface area contributed by atoms with E-state index in [0.29, 0.717) is 5.56 Å². The summed E-state index contributed by atoms with van der Waals surface area (Å²) in [5, 5.41) is 8.82. The van der Waals surface area contributed by atoms with Crippen molar-refractivity contribution in [2.24, 2.45) is 5.73 Å². The molecule has 1 unspecified atom stereocenters. The highest BCUT2D eigenvalue weighted by molar-refractivity contribution is 5.72. The first-order valence-electron chi connectivity index (χ1n) is 6.73. The molecule has 0 heterocycles.